The molecule has 0 saturated carbocycles. The van der Waals surface area contributed by atoms with Gasteiger partial charge in [0.1, 0.15) is 5.56 Å². The van der Waals surface area contributed by atoms with E-state index in [0.29, 0.717) is 12.0 Å². The molecule has 0 aliphatic rings. The molecule has 0 fully saturated rings. The Morgan fingerprint density at radius 3 is 2.52 bits per heavy atom. The maximum Gasteiger partial charge on any atom is 0.331 e. The van der Waals surface area contributed by atoms with Crippen molar-refractivity contribution in [2.45, 2.75) is 26.8 Å². The molecule has 0 bridgehead atoms. The predicted octanol–water partition coefficient (Wildman–Crippen LogP) is 1.63. The summed E-state index contributed by atoms with van der Waals surface area (Å²) in [5.41, 5.74) is 0.473. The normalized spacial score (nSPS) is 10.0. The van der Waals surface area contributed by atoms with Gasteiger partial charge >= 0.3 is 5.69 Å². The fraction of sp³-hybridized carbons (Fsp3) is 0.250. The third-order valence-electron chi connectivity index (χ3n) is 3.15. The predicted molar refractivity (Wildman–Crippen MR) is 81.2 cm³/mol. The maximum atomic E-state index is 12.0. The standard InChI is InChI=1S/C16H16N2O3/c1-3-4-5-10-18-15(20)13(14(19)17-16(18)21)12-8-6-11(2)7-9-12/h6-9,20H,5,10H2,1-2H3,(H,17,19,21). The Kier molecular flexibility index (Phi) is 4.29. The maximum absolute atomic E-state index is 12.0. The summed E-state index contributed by atoms with van der Waals surface area (Å²) >= 11 is 0. The number of nitrogens with one attached hydrogen (secondary N) is 1. The zero-order chi connectivity index (χ0) is 15.4. The van der Waals surface area contributed by atoms with E-state index in [9.17, 15) is 14.7 Å². The van der Waals surface area contributed by atoms with Gasteiger partial charge in [0.05, 0.1) is 0 Å². The van der Waals surface area contributed by atoms with E-state index in [0.717, 1.165) is 10.1 Å². The largest absolute Gasteiger partial charge is 0.494 e. The van der Waals surface area contributed by atoms with Gasteiger partial charge in [0.25, 0.3) is 5.56 Å². The lowest BCUT2D eigenvalue weighted by molar-refractivity contribution is 0.404. The second-order valence-electron chi connectivity index (χ2n) is 4.65. The van der Waals surface area contributed by atoms with Gasteiger partial charge in [-0.1, -0.05) is 29.8 Å². The van der Waals surface area contributed by atoms with E-state index in [2.05, 4.69) is 16.8 Å². The Bertz CT molecular complexity index is 818. The van der Waals surface area contributed by atoms with Gasteiger partial charge in [-0.15, -0.1) is 11.8 Å². The van der Waals surface area contributed by atoms with Crippen molar-refractivity contribution in [3.8, 4) is 28.8 Å². The molecule has 5 nitrogen and oxygen atoms in total. The van der Waals surface area contributed by atoms with Crippen molar-refractivity contribution in [1.82, 2.24) is 9.55 Å². The van der Waals surface area contributed by atoms with E-state index >= 15 is 0 Å². The van der Waals surface area contributed by atoms with Crippen molar-refractivity contribution in [2.75, 3.05) is 0 Å². The average Bonchev–Trinajstić information content (AvgIpc) is 2.44. The van der Waals surface area contributed by atoms with Crippen LogP contribution in [0, 0.1) is 18.8 Å². The molecule has 0 aliphatic carbocycles. The Morgan fingerprint density at radius 2 is 1.90 bits per heavy atom. The number of rotatable bonds is 3. The van der Waals surface area contributed by atoms with Crippen LogP contribution in [0.3, 0.4) is 0 Å². The second kappa shape index (κ2) is 6.14. The van der Waals surface area contributed by atoms with Gasteiger partial charge in [-0.05, 0) is 19.4 Å². The summed E-state index contributed by atoms with van der Waals surface area (Å²) in [5.74, 6) is 5.21. The number of H-pyrrole nitrogens is 1. The Morgan fingerprint density at radius 1 is 1.24 bits per heavy atom. The molecule has 108 valence electrons. The van der Waals surface area contributed by atoms with Crippen molar-refractivity contribution in [1.29, 1.82) is 0 Å². The Hall–Kier alpha value is -2.74. The highest BCUT2D eigenvalue weighted by molar-refractivity contribution is 5.67. The lowest BCUT2D eigenvalue weighted by atomic mass is 10.1. The molecular weight excluding hydrogens is 268 g/mol. The molecule has 0 saturated heterocycles. The van der Waals surface area contributed by atoms with Crippen LogP contribution in [0.5, 0.6) is 5.88 Å². The SMILES string of the molecule is CC#CCCn1c(O)c(-c2ccc(C)cc2)c(=O)[nH]c1=O. The molecule has 1 aromatic carbocycles. The van der Waals surface area contributed by atoms with E-state index in [1.807, 2.05) is 19.1 Å². The fourth-order valence-electron chi connectivity index (χ4n) is 2.04. The second-order valence-corrected chi connectivity index (χ2v) is 4.65. The molecule has 21 heavy (non-hydrogen) atoms. The number of aromatic hydroxyl groups is 1. The lowest BCUT2D eigenvalue weighted by Crippen LogP contribution is -2.31. The minimum Gasteiger partial charge on any atom is -0.494 e. The smallest absolute Gasteiger partial charge is 0.331 e. The van der Waals surface area contributed by atoms with Crippen LogP contribution in [0.15, 0.2) is 33.9 Å². The number of aryl methyl sites for hydroxylation is 1. The van der Waals surface area contributed by atoms with Crippen LogP contribution in [0.2, 0.25) is 0 Å². The van der Waals surface area contributed by atoms with Gasteiger partial charge in [0.15, 0.2) is 0 Å². The van der Waals surface area contributed by atoms with Gasteiger partial charge < -0.3 is 5.11 Å². The first-order chi connectivity index (χ1) is 10.0. The molecule has 0 radical (unpaired) electrons. The zero-order valence-electron chi connectivity index (χ0n) is 11.9. The highest BCUT2D eigenvalue weighted by atomic mass is 16.3. The van der Waals surface area contributed by atoms with Crippen molar-refractivity contribution in [2.24, 2.45) is 0 Å². The van der Waals surface area contributed by atoms with Crippen LogP contribution in [0.1, 0.15) is 18.9 Å². The van der Waals surface area contributed by atoms with Gasteiger partial charge in [-0.25, -0.2) is 4.79 Å². The third-order valence-corrected chi connectivity index (χ3v) is 3.15. The lowest BCUT2D eigenvalue weighted by Gasteiger charge is -2.10. The summed E-state index contributed by atoms with van der Waals surface area (Å²) in [6, 6.07) is 7.15. The topological polar surface area (TPSA) is 75.1 Å². The molecule has 0 spiro atoms. The first kappa shape index (κ1) is 14.7. The number of nitrogens with zero attached hydrogens (tertiary/aromatic N) is 1. The fourth-order valence-corrected chi connectivity index (χ4v) is 2.04. The van der Waals surface area contributed by atoms with E-state index in [-0.39, 0.29) is 18.0 Å². The summed E-state index contributed by atoms with van der Waals surface area (Å²) < 4.78 is 1.13. The molecule has 2 N–H and O–H groups in total. The summed E-state index contributed by atoms with van der Waals surface area (Å²) in [7, 11) is 0. The third kappa shape index (κ3) is 3.06. The van der Waals surface area contributed by atoms with E-state index in [4.69, 9.17) is 0 Å². The van der Waals surface area contributed by atoms with E-state index in [1.54, 1.807) is 19.1 Å². The molecule has 5 heteroatoms. The number of hydrogen-bond donors (Lipinski definition) is 2. The van der Waals surface area contributed by atoms with Crippen LogP contribution in [-0.2, 0) is 6.54 Å². The summed E-state index contributed by atoms with van der Waals surface area (Å²) in [6.45, 7) is 3.85. The highest BCUT2D eigenvalue weighted by Crippen LogP contribution is 2.24. The van der Waals surface area contributed by atoms with Gasteiger partial charge in [0.2, 0.25) is 5.88 Å². The van der Waals surface area contributed by atoms with Crippen molar-refractivity contribution in [3.05, 3.63) is 50.7 Å². The molecule has 0 aliphatic heterocycles. The molecule has 0 unspecified atom stereocenters. The van der Waals surface area contributed by atoms with Crippen molar-refractivity contribution < 1.29 is 5.11 Å². The summed E-state index contributed by atoms with van der Waals surface area (Å²) in [4.78, 5) is 26.0. The number of aromatic nitrogens is 2. The van der Waals surface area contributed by atoms with Crippen LogP contribution < -0.4 is 11.2 Å². The van der Waals surface area contributed by atoms with Crippen LogP contribution in [0.4, 0.5) is 0 Å². The summed E-state index contributed by atoms with van der Waals surface area (Å²) in [5, 5.41) is 10.3. The molecule has 2 aromatic rings. The van der Waals surface area contributed by atoms with Crippen molar-refractivity contribution >= 4 is 0 Å². The van der Waals surface area contributed by atoms with Gasteiger partial charge in [-0.3, -0.25) is 14.3 Å². The molecule has 1 aromatic heterocycles. The molecule has 1 heterocycles. The summed E-state index contributed by atoms with van der Waals surface area (Å²) in [6.07, 6.45) is 0.420. The molecule has 0 amide bonds. The van der Waals surface area contributed by atoms with Crippen molar-refractivity contribution in [3.63, 3.8) is 0 Å². The minimum absolute atomic E-state index is 0.0963. The molecule has 2 rings (SSSR count). The number of aromatic amines is 1. The number of hydrogen-bond acceptors (Lipinski definition) is 3. The van der Waals surface area contributed by atoms with E-state index < -0.39 is 11.2 Å². The average molecular weight is 284 g/mol. The first-order valence-corrected chi connectivity index (χ1v) is 6.57. The Balaban J connectivity index is 2.57. The van der Waals surface area contributed by atoms with Gasteiger partial charge in [0, 0.05) is 13.0 Å². The highest BCUT2D eigenvalue weighted by Gasteiger charge is 2.15. The molecular formula is C16H16N2O3. The molecule has 0 atom stereocenters. The number of benzene rings is 1. The monoisotopic (exact) mass is 284 g/mol. The van der Waals surface area contributed by atoms with Crippen LogP contribution in [-0.4, -0.2) is 14.7 Å². The Labute approximate surface area is 121 Å². The zero-order valence-corrected chi connectivity index (χ0v) is 11.9. The van der Waals surface area contributed by atoms with Crippen LogP contribution in [0.25, 0.3) is 11.1 Å². The quantitative estimate of drug-likeness (QED) is 0.841. The first-order valence-electron chi connectivity index (χ1n) is 6.57. The van der Waals surface area contributed by atoms with E-state index in [1.165, 1.54) is 0 Å². The van der Waals surface area contributed by atoms with Crippen LogP contribution >= 0.6 is 0 Å². The van der Waals surface area contributed by atoms with Gasteiger partial charge in [-0.2, -0.15) is 0 Å². The minimum atomic E-state index is -0.633.